The summed E-state index contributed by atoms with van der Waals surface area (Å²) in [6.45, 7) is 1.93. The van der Waals surface area contributed by atoms with Crippen molar-refractivity contribution in [2.24, 2.45) is 0 Å². The zero-order valence-electron chi connectivity index (χ0n) is 15.2. The van der Waals surface area contributed by atoms with E-state index in [0.29, 0.717) is 0 Å². The molecule has 1 nitrogen and oxygen atoms in total. The normalized spacial score (nSPS) is 32.4. The Morgan fingerprint density at radius 1 is 0.833 bits per heavy atom. The Bertz CT molecular complexity index is 568. The van der Waals surface area contributed by atoms with E-state index in [1.807, 2.05) is 11.1 Å². The van der Waals surface area contributed by atoms with Crippen molar-refractivity contribution in [2.75, 3.05) is 6.61 Å². The second-order valence-corrected chi connectivity index (χ2v) is 19.8. The smallest absolute Gasteiger partial charge is 0.0402 e. The molecule has 0 aromatic heterocycles. The average molecular weight is 404 g/mol. The molecule has 0 saturated carbocycles. The summed E-state index contributed by atoms with van der Waals surface area (Å²) in [5.41, 5.74) is 7.42. The van der Waals surface area contributed by atoms with Gasteiger partial charge in [0.05, 0.1) is 0 Å². The van der Waals surface area contributed by atoms with Gasteiger partial charge in [0.15, 0.2) is 0 Å². The first-order valence-corrected chi connectivity index (χ1v) is 16.5. The molecule has 1 saturated heterocycles. The van der Waals surface area contributed by atoms with Crippen LogP contribution in [0.1, 0.15) is 58.3 Å². The van der Waals surface area contributed by atoms with Crippen molar-refractivity contribution in [3.8, 4) is 0 Å². The first-order chi connectivity index (χ1) is 11.8. The monoisotopic (exact) mass is 402 g/mol. The van der Waals surface area contributed by atoms with Crippen LogP contribution in [-0.2, 0) is 20.3 Å². The summed E-state index contributed by atoms with van der Waals surface area (Å²) in [4.78, 5) is 0. The molecule has 1 fully saturated rings. The van der Waals surface area contributed by atoms with Gasteiger partial charge in [-0.05, 0) is 6.92 Å². The average Bonchev–Trinajstić information content (AvgIpc) is 3.10. The van der Waals surface area contributed by atoms with Gasteiger partial charge in [-0.25, -0.2) is 0 Å². The zero-order valence-corrected chi connectivity index (χ0v) is 17.6. The van der Waals surface area contributed by atoms with Crippen LogP contribution >= 0.6 is 0 Å². The minimum atomic E-state index is -1.96. The van der Waals surface area contributed by atoms with Gasteiger partial charge < -0.3 is 5.11 Å². The van der Waals surface area contributed by atoms with Crippen molar-refractivity contribution < 1.29 is 25.4 Å². The number of aliphatic hydroxyl groups is 1. The van der Waals surface area contributed by atoms with Gasteiger partial charge in [-0.3, -0.25) is 0 Å². The van der Waals surface area contributed by atoms with Gasteiger partial charge in [-0.1, -0.05) is 0 Å². The molecule has 2 unspecified atom stereocenters. The van der Waals surface area contributed by atoms with Crippen molar-refractivity contribution in [1.82, 2.24) is 0 Å². The number of rotatable bonds is 2. The summed E-state index contributed by atoms with van der Waals surface area (Å²) >= 11 is -1.96. The summed E-state index contributed by atoms with van der Waals surface area (Å²) < 4.78 is 5.34. The second-order valence-electron chi connectivity index (χ2n) is 8.24. The van der Waals surface area contributed by atoms with Crippen molar-refractivity contribution >= 4 is 0 Å². The first kappa shape index (κ1) is 17.2. The summed E-state index contributed by atoms with van der Waals surface area (Å²) in [5.74, 6) is 0. The molecule has 0 bridgehead atoms. The minimum absolute atomic E-state index is 0.250. The largest absolute Gasteiger partial charge is 0.397 e. The number of allylic oxidation sites excluding steroid dienone is 8. The number of aliphatic hydroxyl groups excluding tert-OH is 1. The molecule has 2 atom stereocenters. The molecule has 0 amide bonds. The molecule has 130 valence electrons. The van der Waals surface area contributed by atoms with E-state index in [0.717, 1.165) is 7.25 Å². The van der Waals surface area contributed by atoms with Gasteiger partial charge in [0.2, 0.25) is 0 Å². The molecule has 0 radical (unpaired) electrons. The summed E-state index contributed by atoms with van der Waals surface area (Å²) in [5, 5.41) is 7.57. The van der Waals surface area contributed by atoms with Crippen LogP contribution < -0.4 is 0 Å². The van der Waals surface area contributed by atoms with E-state index in [1.165, 1.54) is 51.4 Å². The Morgan fingerprint density at radius 2 is 1.25 bits per heavy atom. The second kappa shape index (κ2) is 7.20. The third kappa shape index (κ3) is 2.92. The Labute approximate surface area is 152 Å². The molecule has 1 heterocycles. The summed E-state index contributed by atoms with van der Waals surface area (Å²) in [7, 11) is 0. The van der Waals surface area contributed by atoms with Gasteiger partial charge in [-0.2, -0.15) is 0 Å². The van der Waals surface area contributed by atoms with Crippen molar-refractivity contribution in [3.63, 3.8) is 0 Å². The van der Waals surface area contributed by atoms with Crippen LogP contribution in [0.5, 0.6) is 0 Å². The zero-order chi connectivity index (χ0) is 16.6. The van der Waals surface area contributed by atoms with E-state index < -0.39 is 20.3 Å². The predicted octanol–water partition coefficient (Wildman–Crippen LogP) is 6.45. The van der Waals surface area contributed by atoms with E-state index in [4.69, 9.17) is 5.11 Å². The number of hydrogen-bond donors (Lipinski definition) is 1. The van der Waals surface area contributed by atoms with Crippen LogP contribution in [0.4, 0.5) is 0 Å². The van der Waals surface area contributed by atoms with E-state index in [-0.39, 0.29) is 6.61 Å². The van der Waals surface area contributed by atoms with Gasteiger partial charge in [0, 0.05) is 6.61 Å². The standard InChI is InChI=1S/2C9H11.C2H6O.C2H4.Zr/c2*1-2-5-9-7-3-6-8(9)4-1;1-2-3;1-2;/h2*3,6-7H,1-2,4-5H2;3H,2H2,1H3;1-2H2;. The fourth-order valence-electron chi connectivity index (χ4n) is 5.69. The Balaban J connectivity index is 0.000000455. The van der Waals surface area contributed by atoms with Crippen LogP contribution in [0.15, 0.2) is 46.6 Å². The SMILES string of the molecule is C1=C[CH]([Zr]2([CH]3C=CC4=C3CCCC4)[CH2][CH2]2)C2=C1CCCC2.CCO. The maximum Gasteiger partial charge on any atom is 0.0402 e. The fraction of sp³-hybridized carbons (Fsp3) is 0.636. The van der Waals surface area contributed by atoms with Crippen LogP contribution in [0.2, 0.25) is 15.5 Å². The molecule has 24 heavy (non-hydrogen) atoms. The van der Waals surface area contributed by atoms with Crippen LogP contribution in [0.25, 0.3) is 0 Å². The topological polar surface area (TPSA) is 20.2 Å². The molecule has 0 aromatic rings. The molecule has 0 spiro atoms. The Morgan fingerprint density at radius 3 is 1.67 bits per heavy atom. The van der Waals surface area contributed by atoms with Crippen molar-refractivity contribution in [2.45, 2.75) is 73.8 Å². The van der Waals surface area contributed by atoms with E-state index in [9.17, 15) is 0 Å². The maximum atomic E-state index is 7.57. The van der Waals surface area contributed by atoms with Gasteiger partial charge in [-0.15, -0.1) is 0 Å². The quantitative estimate of drug-likeness (QED) is 0.562. The van der Waals surface area contributed by atoms with Crippen molar-refractivity contribution in [1.29, 1.82) is 0 Å². The molecule has 0 aromatic carbocycles. The summed E-state index contributed by atoms with van der Waals surface area (Å²) in [6, 6.07) is 0. The Kier molecular flexibility index (Phi) is 5.17. The van der Waals surface area contributed by atoms with E-state index in [1.54, 1.807) is 26.3 Å². The van der Waals surface area contributed by atoms with Gasteiger partial charge in [0.25, 0.3) is 0 Å². The third-order valence-electron chi connectivity index (χ3n) is 6.91. The maximum absolute atomic E-state index is 7.57. The fourth-order valence-corrected chi connectivity index (χ4v) is 22.0. The van der Waals surface area contributed by atoms with Gasteiger partial charge in [0.1, 0.15) is 0 Å². The minimum Gasteiger partial charge on any atom is -0.397 e. The van der Waals surface area contributed by atoms with Crippen LogP contribution in [-0.4, -0.2) is 11.7 Å². The first-order valence-electron chi connectivity index (χ1n) is 10.2. The van der Waals surface area contributed by atoms with Crippen LogP contribution in [0, 0.1) is 0 Å². The van der Waals surface area contributed by atoms with Crippen LogP contribution in [0.3, 0.4) is 0 Å². The molecule has 1 N–H and O–H groups in total. The molecular weight excluding hydrogens is 371 g/mol. The van der Waals surface area contributed by atoms with Gasteiger partial charge >= 0.3 is 134 Å². The molecule has 2 heteroatoms. The molecule has 5 aliphatic rings. The van der Waals surface area contributed by atoms with E-state index >= 15 is 0 Å². The molecule has 1 aliphatic heterocycles. The molecule has 5 rings (SSSR count). The predicted molar refractivity (Wildman–Crippen MR) is 99.1 cm³/mol. The Hall–Kier alpha value is -0.197. The molecule has 4 aliphatic carbocycles. The van der Waals surface area contributed by atoms with Crippen molar-refractivity contribution in [3.05, 3.63) is 46.6 Å². The summed E-state index contributed by atoms with van der Waals surface area (Å²) in [6.07, 6.45) is 21.9. The molecular formula is C22H32OZr. The van der Waals surface area contributed by atoms with E-state index in [2.05, 4.69) is 24.3 Å². The third-order valence-corrected chi connectivity index (χ3v) is 19.7. The number of hydrogen-bond acceptors (Lipinski definition) is 1.